The molecular weight excluding hydrogens is 294 g/mol. The monoisotopic (exact) mass is 305 g/mol. The Bertz CT molecular complexity index is 528. The fourth-order valence-electron chi connectivity index (χ4n) is 1.46. The van der Waals surface area contributed by atoms with E-state index in [-0.39, 0.29) is 11.2 Å². The van der Waals surface area contributed by atoms with Gasteiger partial charge >= 0.3 is 0 Å². The second-order valence-corrected chi connectivity index (χ2v) is 4.15. The van der Waals surface area contributed by atoms with Crippen molar-refractivity contribution in [2.75, 3.05) is 10.6 Å². The largest absolute Gasteiger partial charge is 0.455 e. The van der Waals surface area contributed by atoms with Gasteiger partial charge in [0, 0.05) is 0 Å². The van der Waals surface area contributed by atoms with Crippen molar-refractivity contribution in [3.63, 3.8) is 0 Å². The van der Waals surface area contributed by atoms with Crippen molar-refractivity contribution in [1.82, 2.24) is 0 Å². The lowest BCUT2D eigenvalue weighted by atomic mass is 10.3. The molecule has 2 aromatic rings. The third-order valence-electron chi connectivity index (χ3n) is 2.25. The lowest BCUT2D eigenvalue weighted by molar-refractivity contribution is -0.113. The van der Waals surface area contributed by atoms with Crippen LogP contribution < -0.4 is 10.1 Å². The second kappa shape index (κ2) is 6.21. The standard InChI is InChI=1S/C14H12BrNO2/c15-10-14(17)16-12-8-4-5-9-13(12)18-11-6-2-1-3-7-11/h1-9H,10H2,(H,16,17). The van der Waals surface area contributed by atoms with Crippen LogP contribution in [0.25, 0.3) is 0 Å². The zero-order valence-electron chi connectivity index (χ0n) is 9.60. The number of amides is 1. The van der Waals surface area contributed by atoms with Crippen molar-refractivity contribution < 1.29 is 9.53 Å². The van der Waals surface area contributed by atoms with Gasteiger partial charge in [-0.2, -0.15) is 0 Å². The number of hydrogen-bond donors (Lipinski definition) is 1. The summed E-state index contributed by atoms with van der Waals surface area (Å²) in [5.41, 5.74) is 0.658. The summed E-state index contributed by atoms with van der Waals surface area (Å²) < 4.78 is 5.72. The molecule has 0 radical (unpaired) electrons. The lowest BCUT2D eigenvalue weighted by Crippen LogP contribution is -2.12. The minimum atomic E-state index is -0.112. The maximum atomic E-state index is 11.4. The number of carbonyl (C=O) groups excluding carboxylic acids is 1. The quantitative estimate of drug-likeness (QED) is 0.872. The summed E-state index contributed by atoms with van der Waals surface area (Å²) in [7, 11) is 0. The highest BCUT2D eigenvalue weighted by Crippen LogP contribution is 2.28. The number of nitrogens with one attached hydrogen (secondary N) is 1. The number of halogens is 1. The first-order chi connectivity index (χ1) is 8.79. The number of para-hydroxylation sites is 3. The van der Waals surface area contributed by atoms with Gasteiger partial charge in [0.15, 0.2) is 5.75 Å². The molecule has 0 fully saturated rings. The summed E-state index contributed by atoms with van der Waals surface area (Å²) >= 11 is 3.11. The Labute approximate surface area is 114 Å². The van der Waals surface area contributed by atoms with Crippen LogP contribution in [-0.2, 0) is 4.79 Å². The normalized spacial score (nSPS) is 9.83. The number of rotatable bonds is 4. The average molecular weight is 306 g/mol. The molecule has 0 aliphatic heterocycles. The molecule has 0 aliphatic carbocycles. The second-order valence-electron chi connectivity index (χ2n) is 3.59. The Kier molecular flexibility index (Phi) is 4.36. The van der Waals surface area contributed by atoms with E-state index in [0.717, 1.165) is 5.75 Å². The Morgan fingerprint density at radius 2 is 1.72 bits per heavy atom. The molecule has 4 heteroatoms. The van der Waals surface area contributed by atoms with E-state index in [1.807, 2.05) is 48.5 Å². The van der Waals surface area contributed by atoms with Gasteiger partial charge in [-0.25, -0.2) is 0 Å². The summed E-state index contributed by atoms with van der Waals surface area (Å²) in [6.45, 7) is 0. The average Bonchev–Trinajstić information content (AvgIpc) is 2.42. The van der Waals surface area contributed by atoms with Gasteiger partial charge in [-0.3, -0.25) is 4.79 Å². The molecule has 2 rings (SSSR count). The fraction of sp³-hybridized carbons (Fsp3) is 0.0714. The zero-order valence-corrected chi connectivity index (χ0v) is 11.2. The third kappa shape index (κ3) is 3.34. The van der Waals surface area contributed by atoms with Crippen LogP contribution in [0.5, 0.6) is 11.5 Å². The van der Waals surface area contributed by atoms with Crippen LogP contribution in [0.4, 0.5) is 5.69 Å². The van der Waals surface area contributed by atoms with E-state index in [1.165, 1.54) is 0 Å². The van der Waals surface area contributed by atoms with E-state index in [0.29, 0.717) is 11.4 Å². The van der Waals surface area contributed by atoms with Crippen LogP contribution in [0.15, 0.2) is 54.6 Å². The molecule has 0 heterocycles. The fourth-order valence-corrected chi connectivity index (χ4v) is 1.60. The first-order valence-electron chi connectivity index (χ1n) is 5.47. The van der Waals surface area contributed by atoms with E-state index in [1.54, 1.807) is 6.07 Å². The van der Waals surface area contributed by atoms with Gasteiger partial charge in [-0.1, -0.05) is 46.3 Å². The summed E-state index contributed by atoms with van der Waals surface area (Å²) in [5.74, 6) is 1.25. The SMILES string of the molecule is O=C(CBr)Nc1ccccc1Oc1ccccc1. The number of hydrogen-bond acceptors (Lipinski definition) is 2. The zero-order chi connectivity index (χ0) is 12.8. The molecule has 3 nitrogen and oxygen atoms in total. The van der Waals surface area contributed by atoms with Crippen LogP contribution in [-0.4, -0.2) is 11.2 Å². The first-order valence-corrected chi connectivity index (χ1v) is 6.59. The Balaban J connectivity index is 2.20. The van der Waals surface area contributed by atoms with Gasteiger partial charge in [0.2, 0.25) is 5.91 Å². The molecule has 0 bridgehead atoms. The van der Waals surface area contributed by atoms with E-state index >= 15 is 0 Å². The maximum Gasteiger partial charge on any atom is 0.235 e. The highest BCUT2D eigenvalue weighted by Gasteiger charge is 2.06. The lowest BCUT2D eigenvalue weighted by Gasteiger charge is -2.11. The van der Waals surface area contributed by atoms with Crippen molar-refractivity contribution in [1.29, 1.82) is 0 Å². The van der Waals surface area contributed by atoms with Gasteiger partial charge in [-0.05, 0) is 24.3 Å². The van der Waals surface area contributed by atoms with Crippen molar-refractivity contribution in [2.24, 2.45) is 0 Å². The van der Waals surface area contributed by atoms with Crippen molar-refractivity contribution in [2.45, 2.75) is 0 Å². The summed E-state index contributed by atoms with van der Waals surface area (Å²) in [4.78, 5) is 11.4. The first kappa shape index (κ1) is 12.6. The number of anilines is 1. The van der Waals surface area contributed by atoms with Crippen LogP contribution >= 0.6 is 15.9 Å². The van der Waals surface area contributed by atoms with Gasteiger partial charge in [0.1, 0.15) is 5.75 Å². The van der Waals surface area contributed by atoms with Crippen molar-refractivity contribution in [3.8, 4) is 11.5 Å². The number of carbonyl (C=O) groups is 1. The Hall–Kier alpha value is -1.81. The van der Waals surface area contributed by atoms with Crippen LogP contribution in [0.3, 0.4) is 0 Å². The summed E-state index contributed by atoms with van der Waals surface area (Å²) in [6, 6.07) is 16.8. The third-order valence-corrected chi connectivity index (χ3v) is 2.76. The number of ether oxygens (including phenoxy) is 1. The molecule has 0 saturated carbocycles. The molecule has 0 saturated heterocycles. The molecule has 2 aromatic carbocycles. The molecule has 1 N–H and O–H groups in total. The van der Waals surface area contributed by atoms with Crippen LogP contribution in [0.1, 0.15) is 0 Å². The van der Waals surface area contributed by atoms with Crippen molar-refractivity contribution in [3.05, 3.63) is 54.6 Å². The smallest absolute Gasteiger partial charge is 0.235 e. The van der Waals surface area contributed by atoms with E-state index < -0.39 is 0 Å². The molecule has 92 valence electrons. The van der Waals surface area contributed by atoms with E-state index in [2.05, 4.69) is 21.2 Å². The topological polar surface area (TPSA) is 38.3 Å². The van der Waals surface area contributed by atoms with Gasteiger partial charge in [0.05, 0.1) is 11.0 Å². The maximum absolute atomic E-state index is 11.4. The molecule has 1 amide bonds. The molecule has 0 atom stereocenters. The van der Waals surface area contributed by atoms with Crippen LogP contribution in [0.2, 0.25) is 0 Å². The van der Waals surface area contributed by atoms with Gasteiger partial charge in [-0.15, -0.1) is 0 Å². The summed E-state index contributed by atoms with van der Waals surface area (Å²) in [5, 5.41) is 3.03. The van der Waals surface area contributed by atoms with E-state index in [9.17, 15) is 4.79 Å². The molecular formula is C14H12BrNO2. The minimum absolute atomic E-state index is 0.112. The molecule has 18 heavy (non-hydrogen) atoms. The molecule has 0 aromatic heterocycles. The predicted octanol–water partition coefficient (Wildman–Crippen LogP) is 3.81. The van der Waals surface area contributed by atoms with Crippen molar-refractivity contribution >= 4 is 27.5 Å². The highest BCUT2D eigenvalue weighted by molar-refractivity contribution is 9.09. The highest BCUT2D eigenvalue weighted by atomic mass is 79.9. The Morgan fingerprint density at radius 1 is 1.06 bits per heavy atom. The number of benzene rings is 2. The predicted molar refractivity (Wildman–Crippen MR) is 75.4 cm³/mol. The molecule has 0 aliphatic rings. The Morgan fingerprint density at radius 3 is 2.44 bits per heavy atom. The molecule has 0 spiro atoms. The number of alkyl halides is 1. The summed E-state index contributed by atoms with van der Waals surface area (Å²) in [6.07, 6.45) is 0. The van der Waals surface area contributed by atoms with Gasteiger partial charge in [0.25, 0.3) is 0 Å². The van der Waals surface area contributed by atoms with Crippen LogP contribution in [0, 0.1) is 0 Å². The van der Waals surface area contributed by atoms with E-state index in [4.69, 9.17) is 4.74 Å². The molecule has 0 unspecified atom stereocenters. The van der Waals surface area contributed by atoms with Gasteiger partial charge < -0.3 is 10.1 Å². The minimum Gasteiger partial charge on any atom is -0.455 e.